The monoisotopic (exact) mass is 295 g/mol. The van der Waals surface area contributed by atoms with Crippen molar-refractivity contribution >= 4 is 15.7 Å². The molecule has 2 N–H and O–H groups in total. The van der Waals surface area contributed by atoms with E-state index in [-0.39, 0.29) is 17.0 Å². The highest BCUT2D eigenvalue weighted by Gasteiger charge is 2.18. The van der Waals surface area contributed by atoms with Crippen LogP contribution in [-0.2, 0) is 16.6 Å². The smallest absolute Gasteiger partial charge is 0.244 e. The summed E-state index contributed by atoms with van der Waals surface area (Å²) in [6, 6.07) is 7.56. The topological polar surface area (TPSA) is 71.1 Å². The van der Waals surface area contributed by atoms with Crippen LogP contribution in [0.5, 0.6) is 0 Å². The molecule has 2 rings (SSSR count). The number of hydrogen-bond donors (Lipinski definition) is 2. The van der Waals surface area contributed by atoms with E-state index >= 15 is 0 Å². The zero-order valence-corrected chi connectivity index (χ0v) is 11.6. The Morgan fingerprint density at radius 3 is 2.70 bits per heavy atom. The van der Waals surface area contributed by atoms with Gasteiger partial charge in [0.25, 0.3) is 0 Å². The number of aromatic nitrogens is 1. The second kappa shape index (κ2) is 5.98. The molecule has 20 heavy (non-hydrogen) atoms. The number of benzene rings is 1. The van der Waals surface area contributed by atoms with Gasteiger partial charge in [-0.1, -0.05) is 18.2 Å². The van der Waals surface area contributed by atoms with Crippen molar-refractivity contribution in [1.82, 2.24) is 9.71 Å². The van der Waals surface area contributed by atoms with Crippen molar-refractivity contribution in [1.29, 1.82) is 0 Å². The van der Waals surface area contributed by atoms with Crippen LogP contribution in [-0.4, -0.2) is 20.4 Å². The van der Waals surface area contributed by atoms with Gasteiger partial charge >= 0.3 is 0 Å². The maximum absolute atomic E-state index is 13.5. The first-order chi connectivity index (χ1) is 9.54. The zero-order chi connectivity index (χ0) is 14.6. The van der Waals surface area contributed by atoms with Crippen molar-refractivity contribution in [2.75, 3.05) is 12.4 Å². The quantitative estimate of drug-likeness (QED) is 0.881. The van der Waals surface area contributed by atoms with Crippen LogP contribution >= 0.6 is 0 Å². The molecule has 0 aliphatic heterocycles. The first-order valence-corrected chi connectivity index (χ1v) is 7.38. The zero-order valence-electron chi connectivity index (χ0n) is 10.8. The summed E-state index contributed by atoms with van der Waals surface area (Å²) >= 11 is 0. The molecule has 0 saturated heterocycles. The number of anilines is 1. The molecule has 2 aromatic rings. The van der Waals surface area contributed by atoms with Gasteiger partial charge in [0.2, 0.25) is 10.0 Å². The van der Waals surface area contributed by atoms with Gasteiger partial charge in [-0.15, -0.1) is 0 Å². The molecule has 0 fully saturated rings. The molecule has 0 radical (unpaired) electrons. The molecule has 7 heteroatoms. The lowest BCUT2D eigenvalue weighted by Gasteiger charge is -2.10. The van der Waals surface area contributed by atoms with Crippen LogP contribution < -0.4 is 10.0 Å². The summed E-state index contributed by atoms with van der Waals surface area (Å²) < 4.78 is 40.2. The van der Waals surface area contributed by atoms with Gasteiger partial charge in [0, 0.05) is 31.5 Å². The van der Waals surface area contributed by atoms with E-state index in [1.165, 1.54) is 24.5 Å². The summed E-state index contributed by atoms with van der Waals surface area (Å²) in [4.78, 5) is 3.83. The lowest BCUT2D eigenvalue weighted by molar-refractivity contribution is 0.574. The highest BCUT2D eigenvalue weighted by atomic mass is 32.2. The Kier molecular flexibility index (Phi) is 4.31. The standard InChI is InChI=1S/C13H14FN3O2S/c1-15-12-6-7-16-9-13(12)20(18,19)17-8-10-4-2-3-5-11(10)14/h2-7,9,17H,8H2,1H3,(H,15,16). The molecule has 0 saturated carbocycles. The van der Waals surface area contributed by atoms with Crippen molar-refractivity contribution < 1.29 is 12.8 Å². The predicted molar refractivity (Wildman–Crippen MR) is 74.2 cm³/mol. The molecular formula is C13H14FN3O2S. The number of nitrogens with one attached hydrogen (secondary N) is 2. The summed E-state index contributed by atoms with van der Waals surface area (Å²) in [6.07, 6.45) is 2.73. The highest BCUT2D eigenvalue weighted by molar-refractivity contribution is 7.89. The highest BCUT2D eigenvalue weighted by Crippen LogP contribution is 2.19. The number of nitrogens with zero attached hydrogens (tertiary/aromatic N) is 1. The molecule has 0 spiro atoms. The van der Waals surface area contributed by atoms with Gasteiger partial charge in [0.1, 0.15) is 10.7 Å². The number of halogens is 1. The fourth-order valence-corrected chi connectivity index (χ4v) is 2.85. The van der Waals surface area contributed by atoms with Gasteiger partial charge in [0.15, 0.2) is 0 Å². The van der Waals surface area contributed by atoms with Gasteiger partial charge in [-0.05, 0) is 12.1 Å². The van der Waals surface area contributed by atoms with E-state index < -0.39 is 15.8 Å². The number of hydrogen-bond acceptors (Lipinski definition) is 4. The van der Waals surface area contributed by atoms with Gasteiger partial charge in [-0.2, -0.15) is 0 Å². The normalized spacial score (nSPS) is 11.3. The van der Waals surface area contributed by atoms with Crippen molar-refractivity contribution in [3.05, 3.63) is 54.1 Å². The Balaban J connectivity index is 2.22. The summed E-state index contributed by atoms with van der Waals surface area (Å²) in [6.45, 7) is -0.118. The Labute approximate surface area is 116 Å². The van der Waals surface area contributed by atoms with Gasteiger partial charge in [-0.25, -0.2) is 17.5 Å². The molecule has 0 amide bonds. The first kappa shape index (κ1) is 14.4. The average molecular weight is 295 g/mol. The molecule has 1 aromatic carbocycles. The minimum atomic E-state index is -3.76. The summed E-state index contributed by atoms with van der Waals surface area (Å²) in [5.41, 5.74) is 0.715. The number of rotatable bonds is 5. The van der Waals surface area contributed by atoms with Crippen LogP contribution in [0.15, 0.2) is 47.6 Å². The second-order valence-electron chi connectivity index (χ2n) is 4.04. The third kappa shape index (κ3) is 3.12. The molecule has 0 atom stereocenters. The minimum Gasteiger partial charge on any atom is -0.387 e. The molecule has 1 aromatic heterocycles. The van der Waals surface area contributed by atoms with Crippen molar-refractivity contribution in [3.8, 4) is 0 Å². The van der Waals surface area contributed by atoms with E-state index in [9.17, 15) is 12.8 Å². The minimum absolute atomic E-state index is 0.0267. The van der Waals surface area contributed by atoms with Gasteiger partial charge < -0.3 is 5.32 Å². The lowest BCUT2D eigenvalue weighted by Crippen LogP contribution is -2.24. The molecular weight excluding hydrogens is 281 g/mol. The summed E-state index contributed by atoms with van der Waals surface area (Å²) in [7, 11) is -2.14. The molecule has 0 bridgehead atoms. The molecule has 0 aliphatic carbocycles. The fourth-order valence-electron chi connectivity index (χ4n) is 1.69. The maximum atomic E-state index is 13.5. The van der Waals surface area contributed by atoms with Gasteiger partial charge in [-0.3, -0.25) is 4.98 Å². The third-order valence-electron chi connectivity index (χ3n) is 2.75. The van der Waals surface area contributed by atoms with E-state index in [1.807, 2.05) is 0 Å². The Bertz CT molecular complexity index is 704. The van der Waals surface area contributed by atoms with Crippen LogP contribution in [0.4, 0.5) is 10.1 Å². The van der Waals surface area contributed by atoms with Crippen LogP contribution in [0, 0.1) is 5.82 Å². The fraction of sp³-hybridized carbons (Fsp3) is 0.154. The summed E-state index contributed by atoms with van der Waals surface area (Å²) in [5.74, 6) is -0.449. The average Bonchev–Trinajstić information content (AvgIpc) is 2.46. The Morgan fingerprint density at radius 1 is 1.25 bits per heavy atom. The van der Waals surface area contributed by atoms with E-state index in [4.69, 9.17) is 0 Å². The lowest BCUT2D eigenvalue weighted by atomic mass is 10.2. The van der Waals surface area contributed by atoms with E-state index in [2.05, 4.69) is 15.0 Å². The molecule has 1 heterocycles. The molecule has 106 valence electrons. The third-order valence-corrected chi connectivity index (χ3v) is 4.18. The number of pyridine rings is 1. The summed E-state index contributed by atoms with van der Waals surface area (Å²) in [5, 5.41) is 2.78. The van der Waals surface area contributed by atoms with Crippen LogP contribution in [0.25, 0.3) is 0 Å². The first-order valence-electron chi connectivity index (χ1n) is 5.89. The predicted octanol–water partition coefficient (Wildman–Crippen LogP) is 1.74. The van der Waals surface area contributed by atoms with E-state index in [0.717, 1.165) is 0 Å². The van der Waals surface area contributed by atoms with E-state index in [1.54, 1.807) is 25.2 Å². The van der Waals surface area contributed by atoms with Gasteiger partial charge in [0.05, 0.1) is 5.69 Å². The second-order valence-corrected chi connectivity index (χ2v) is 5.77. The van der Waals surface area contributed by atoms with Crippen LogP contribution in [0.1, 0.15) is 5.56 Å². The SMILES string of the molecule is CNc1ccncc1S(=O)(=O)NCc1ccccc1F. The van der Waals surface area contributed by atoms with E-state index in [0.29, 0.717) is 5.69 Å². The Morgan fingerprint density at radius 2 is 2.00 bits per heavy atom. The molecule has 0 aliphatic rings. The van der Waals surface area contributed by atoms with Crippen molar-refractivity contribution in [2.24, 2.45) is 0 Å². The maximum Gasteiger partial charge on any atom is 0.244 e. The van der Waals surface area contributed by atoms with Crippen LogP contribution in [0.2, 0.25) is 0 Å². The largest absolute Gasteiger partial charge is 0.387 e. The number of sulfonamides is 1. The Hall–Kier alpha value is -1.99. The van der Waals surface area contributed by atoms with Crippen LogP contribution in [0.3, 0.4) is 0 Å². The van der Waals surface area contributed by atoms with Crippen molar-refractivity contribution in [3.63, 3.8) is 0 Å². The molecule has 5 nitrogen and oxygen atoms in total. The molecule has 0 unspecified atom stereocenters. The van der Waals surface area contributed by atoms with Crippen molar-refractivity contribution in [2.45, 2.75) is 11.4 Å².